The first-order valence-corrected chi connectivity index (χ1v) is 9.67. The quantitative estimate of drug-likeness (QED) is 0.351. The van der Waals surface area contributed by atoms with Gasteiger partial charge in [-0.25, -0.2) is 0 Å². The molecule has 0 heterocycles. The summed E-state index contributed by atoms with van der Waals surface area (Å²) in [4.78, 5) is 0. The molecule has 0 aliphatic carbocycles. The first-order chi connectivity index (χ1) is 14.2. The second kappa shape index (κ2) is 8.70. The fourth-order valence-corrected chi connectivity index (χ4v) is 3.22. The summed E-state index contributed by atoms with van der Waals surface area (Å²) < 4.78 is 11.2. The van der Waals surface area contributed by atoms with E-state index in [1.54, 1.807) is 0 Å². The molecule has 1 radical (unpaired) electrons. The van der Waals surface area contributed by atoms with Crippen LogP contribution in [-0.2, 0) is 0 Å². The Bertz CT molecular complexity index is 1070. The molecule has 0 atom stereocenters. The molecular weight excluding hydrogens is 355 g/mol. The third-order valence-electron chi connectivity index (χ3n) is 4.92. The summed E-state index contributed by atoms with van der Waals surface area (Å²) in [5.74, 6) is 1.47. The lowest BCUT2D eigenvalue weighted by Gasteiger charge is -2.09. The largest absolute Gasteiger partial charge is 0.658 e. The van der Waals surface area contributed by atoms with E-state index >= 15 is 0 Å². The second-order valence-electron chi connectivity index (χ2n) is 7.06. The topological polar surface area (TPSA) is 18.5 Å². The lowest BCUT2D eigenvalue weighted by atomic mass is 10.0. The third kappa shape index (κ3) is 4.70. The van der Waals surface area contributed by atoms with E-state index in [-0.39, 0.29) is 0 Å². The molecule has 2 nitrogen and oxygen atoms in total. The highest BCUT2D eigenvalue weighted by Gasteiger charge is 2.05. The average molecular weight is 377 g/mol. The molecule has 0 spiro atoms. The monoisotopic (exact) mass is 377 g/mol. The number of rotatable bonds is 6. The fourth-order valence-electron chi connectivity index (χ4n) is 3.22. The summed E-state index contributed by atoms with van der Waals surface area (Å²) in [5, 5.41) is 0. The van der Waals surface area contributed by atoms with Crippen molar-refractivity contribution in [3.05, 3.63) is 108 Å². The van der Waals surface area contributed by atoms with Gasteiger partial charge in [0.05, 0.1) is 0 Å². The zero-order valence-electron chi connectivity index (χ0n) is 16.6. The number of benzene rings is 4. The van der Waals surface area contributed by atoms with Crippen molar-refractivity contribution in [2.45, 2.75) is 13.8 Å². The van der Waals surface area contributed by atoms with Crippen LogP contribution in [-0.4, -0.2) is 7.69 Å². The summed E-state index contributed by atoms with van der Waals surface area (Å²) in [6.45, 7) is 4.21. The molecule has 4 rings (SSSR count). The lowest BCUT2D eigenvalue weighted by Crippen LogP contribution is -2.10. The minimum atomic E-state index is 0.734. The van der Waals surface area contributed by atoms with E-state index in [9.17, 15) is 0 Å². The average Bonchev–Trinajstić information content (AvgIpc) is 2.76. The minimum Gasteiger partial charge on any atom is -0.526 e. The van der Waals surface area contributed by atoms with Gasteiger partial charge in [0, 0.05) is 0 Å². The van der Waals surface area contributed by atoms with Crippen molar-refractivity contribution in [1.82, 2.24) is 0 Å². The normalized spacial score (nSPS) is 10.4. The van der Waals surface area contributed by atoms with Crippen LogP contribution in [0.3, 0.4) is 0 Å². The van der Waals surface area contributed by atoms with Crippen molar-refractivity contribution in [2.75, 3.05) is 0 Å². The van der Waals surface area contributed by atoms with Crippen LogP contribution < -0.4 is 9.31 Å². The van der Waals surface area contributed by atoms with E-state index < -0.39 is 0 Å². The number of aryl methyl sites for hydroxylation is 2. The van der Waals surface area contributed by atoms with Crippen molar-refractivity contribution in [1.29, 1.82) is 0 Å². The van der Waals surface area contributed by atoms with Crippen LogP contribution in [0.4, 0.5) is 0 Å². The Balaban J connectivity index is 1.33. The van der Waals surface area contributed by atoms with Crippen molar-refractivity contribution in [2.24, 2.45) is 0 Å². The van der Waals surface area contributed by atoms with Gasteiger partial charge in [-0.15, -0.1) is 0 Å². The van der Waals surface area contributed by atoms with Gasteiger partial charge in [-0.1, -0.05) is 78.4 Å². The van der Waals surface area contributed by atoms with Crippen LogP contribution in [0.2, 0.25) is 0 Å². The Kier molecular flexibility index (Phi) is 5.67. The van der Waals surface area contributed by atoms with Gasteiger partial charge in [0.15, 0.2) is 0 Å². The third-order valence-corrected chi connectivity index (χ3v) is 4.92. The summed E-state index contributed by atoms with van der Waals surface area (Å²) in [7, 11) is 1.36. The molecule has 3 heteroatoms. The minimum absolute atomic E-state index is 0.734. The molecule has 0 aliphatic rings. The van der Waals surface area contributed by atoms with Crippen LogP contribution in [0.5, 0.6) is 11.5 Å². The van der Waals surface area contributed by atoms with Gasteiger partial charge < -0.3 is 9.31 Å². The predicted molar refractivity (Wildman–Crippen MR) is 120 cm³/mol. The highest BCUT2D eigenvalue weighted by molar-refractivity contribution is 6.20. The van der Waals surface area contributed by atoms with Crippen molar-refractivity contribution in [3.63, 3.8) is 0 Å². The fraction of sp³-hybridized carbons (Fsp3) is 0.0769. The van der Waals surface area contributed by atoms with Crippen LogP contribution in [0, 0.1) is 13.8 Å². The van der Waals surface area contributed by atoms with Crippen LogP contribution in [0.15, 0.2) is 97.1 Å². The Morgan fingerprint density at radius 2 is 1.00 bits per heavy atom. The smallest absolute Gasteiger partial charge is 0.526 e. The molecular formula is C26H22BO2. The van der Waals surface area contributed by atoms with Gasteiger partial charge >= 0.3 is 7.69 Å². The molecule has 0 amide bonds. The van der Waals surface area contributed by atoms with Gasteiger partial charge in [0.2, 0.25) is 0 Å². The highest BCUT2D eigenvalue weighted by Crippen LogP contribution is 2.26. The first kappa shape index (κ1) is 18.9. The highest BCUT2D eigenvalue weighted by atomic mass is 16.6. The van der Waals surface area contributed by atoms with E-state index in [1.165, 1.54) is 35.5 Å². The van der Waals surface area contributed by atoms with Crippen molar-refractivity contribution < 1.29 is 9.31 Å². The van der Waals surface area contributed by atoms with Crippen molar-refractivity contribution in [3.8, 4) is 33.8 Å². The van der Waals surface area contributed by atoms with Gasteiger partial charge in [0.25, 0.3) is 0 Å². The lowest BCUT2D eigenvalue weighted by molar-refractivity contribution is 0.459. The zero-order valence-corrected chi connectivity index (χ0v) is 16.6. The Hall–Kier alpha value is -3.46. The van der Waals surface area contributed by atoms with E-state index in [0.29, 0.717) is 0 Å². The number of hydrogen-bond acceptors (Lipinski definition) is 2. The van der Waals surface area contributed by atoms with E-state index in [1.807, 2.05) is 36.4 Å². The molecule has 0 N–H and O–H groups in total. The van der Waals surface area contributed by atoms with Crippen LogP contribution in [0.25, 0.3) is 22.3 Å². The van der Waals surface area contributed by atoms with Crippen LogP contribution in [0.1, 0.15) is 11.1 Å². The summed E-state index contributed by atoms with van der Waals surface area (Å²) in [6, 6.07) is 32.8. The van der Waals surface area contributed by atoms with Crippen molar-refractivity contribution >= 4 is 7.69 Å². The molecule has 0 aromatic heterocycles. The molecule has 141 valence electrons. The maximum absolute atomic E-state index is 5.61. The predicted octanol–water partition coefficient (Wildman–Crippen LogP) is 6.63. The standard InChI is InChI=1S/C26H22BO2/c1-19-7-9-21(10-8-19)22-11-15-24(16-12-22)28-27-29-25-17-13-23(14-18-25)26-6-4-3-5-20(26)2/h3-18H,1-2H3. The van der Waals surface area contributed by atoms with Gasteiger partial charge in [0.1, 0.15) is 11.5 Å². The maximum atomic E-state index is 5.61. The Morgan fingerprint density at radius 1 is 0.517 bits per heavy atom. The summed E-state index contributed by atoms with van der Waals surface area (Å²) in [6.07, 6.45) is 0. The van der Waals surface area contributed by atoms with Gasteiger partial charge in [-0.05, 0) is 65.9 Å². The Labute approximate surface area is 173 Å². The van der Waals surface area contributed by atoms with Gasteiger partial charge in [-0.2, -0.15) is 0 Å². The summed E-state index contributed by atoms with van der Waals surface area (Å²) >= 11 is 0. The first-order valence-electron chi connectivity index (χ1n) is 9.67. The number of hydrogen-bond donors (Lipinski definition) is 0. The van der Waals surface area contributed by atoms with E-state index in [2.05, 4.69) is 74.5 Å². The van der Waals surface area contributed by atoms with Gasteiger partial charge in [-0.3, -0.25) is 0 Å². The zero-order chi connectivity index (χ0) is 20.1. The molecule has 0 saturated heterocycles. The van der Waals surface area contributed by atoms with Crippen LogP contribution >= 0.6 is 0 Å². The molecule has 0 bridgehead atoms. The molecule has 4 aromatic carbocycles. The van der Waals surface area contributed by atoms with E-state index in [0.717, 1.165) is 17.1 Å². The second-order valence-corrected chi connectivity index (χ2v) is 7.06. The molecule has 0 saturated carbocycles. The molecule has 29 heavy (non-hydrogen) atoms. The summed E-state index contributed by atoms with van der Waals surface area (Å²) in [5.41, 5.74) is 7.26. The SMILES string of the molecule is Cc1ccc(-c2ccc(O[B]Oc3ccc(-c4ccccc4C)cc3)cc2)cc1. The van der Waals surface area contributed by atoms with E-state index in [4.69, 9.17) is 9.31 Å². The molecule has 0 unspecified atom stereocenters. The molecule has 0 aliphatic heterocycles. The Morgan fingerprint density at radius 3 is 1.55 bits per heavy atom. The maximum Gasteiger partial charge on any atom is 0.658 e. The molecule has 0 fully saturated rings. The molecule has 4 aromatic rings.